The SMILES string of the molecule is CC1CC(C2CCCCC2)N2CCCCC2N1. The van der Waals surface area contributed by atoms with E-state index >= 15 is 0 Å². The molecule has 3 aliphatic rings. The summed E-state index contributed by atoms with van der Waals surface area (Å²) >= 11 is 0. The van der Waals surface area contributed by atoms with Gasteiger partial charge in [-0.15, -0.1) is 0 Å². The van der Waals surface area contributed by atoms with Gasteiger partial charge in [0, 0.05) is 12.1 Å². The monoisotopic (exact) mass is 236 g/mol. The molecule has 0 radical (unpaired) electrons. The van der Waals surface area contributed by atoms with Crippen molar-refractivity contribution >= 4 is 0 Å². The van der Waals surface area contributed by atoms with Gasteiger partial charge in [0.1, 0.15) is 0 Å². The minimum Gasteiger partial charge on any atom is -0.299 e. The Morgan fingerprint density at radius 1 is 0.941 bits per heavy atom. The zero-order valence-electron chi connectivity index (χ0n) is 11.3. The Bertz CT molecular complexity index is 247. The van der Waals surface area contributed by atoms with Crippen molar-refractivity contribution in [1.82, 2.24) is 10.2 Å². The number of rotatable bonds is 1. The van der Waals surface area contributed by atoms with Crippen LogP contribution in [-0.2, 0) is 0 Å². The highest BCUT2D eigenvalue weighted by atomic mass is 15.3. The summed E-state index contributed by atoms with van der Waals surface area (Å²) in [6.07, 6.45) is 13.8. The van der Waals surface area contributed by atoms with E-state index in [0.29, 0.717) is 6.17 Å². The Morgan fingerprint density at radius 3 is 2.53 bits per heavy atom. The van der Waals surface area contributed by atoms with Crippen molar-refractivity contribution in [3.63, 3.8) is 0 Å². The molecule has 2 heteroatoms. The fraction of sp³-hybridized carbons (Fsp3) is 1.00. The first-order valence-corrected chi connectivity index (χ1v) is 7.86. The molecule has 1 aliphatic carbocycles. The highest BCUT2D eigenvalue weighted by Crippen LogP contribution is 2.35. The molecule has 0 amide bonds. The Labute approximate surface area is 106 Å². The van der Waals surface area contributed by atoms with Crippen LogP contribution in [0.25, 0.3) is 0 Å². The average Bonchev–Trinajstić information content (AvgIpc) is 2.39. The molecular formula is C15H28N2. The maximum atomic E-state index is 3.81. The lowest BCUT2D eigenvalue weighted by molar-refractivity contribution is -0.0123. The van der Waals surface area contributed by atoms with Gasteiger partial charge in [0.2, 0.25) is 0 Å². The summed E-state index contributed by atoms with van der Waals surface area (Å²) < 4.78 is 0. The summed E-state index contributed by atoms with van der Waals surface area (Å²) in [5, 5.41) is 3.81. The smallest absolute Gasteiger partial charge is 0.0601 e. The minimum atomic E-state index is 0.708. The lowest BCUT2D eigenvalue weighted by Crippen LogP contribution is -2.62. The van der Waals surface area contributed by atoms with Crippen LogP contribution >= 0.6 is 0 Å². The van der Waals surface area contributed by atoms with Gasteiger partial charge >= 0.3 is 0 Å². The standard InChI is InChI=1S/C15H28N2/c1-12-11-14(13-7-3-2-4-8-13)17-10-6-5-9-15(17)16-12/h12-16H,2-11H2,1H3. The van der Waals surface area contributed by atoms with Crippen molar-refractivity contribution in [1.29, 1.82) is 0 Å². The highest BCUT2D eigenvalue weighted by Gasteiger charge is 2.38. The van der Waals surface area contributed by atoms with Crippen molar-refractivity contribution in [3.05, 3.63) is 0 Å². The van der Waals surface area contributed by atoms with Gasteiger partial charge in [-0.25, -0.2) is 0 Å². The van der Waals surface area contributed by atoms with E-state index in [2.05, 4.69) is 17.1 Å². The summed E-state index contributed by atoms with van der Waals surface area (Å²) in [6.45, 7) is 3.74. The van der Waals surface area contributed by atoms with E-state index < -0.39 is 0 Å². The Morgan fingerprint density at radius 2 is 1.71 bits per heavy atom. The van der Waals surface area contributed by atoms with Gasteiger partial charge in [0.25, 0.3) is 0 Å². The molecule has 98 valence electrons. The van der Waals surface area contributed by atoms with Crippen LogP contribution in [0, 0.1) is 5.92 Å². The molecule has 1 saturated carbocycles. The number of hydrogen-bond donors (Lipinski definition) is 1. The summed E-state index contributed by atoms with van der Waals surface area (Å²) in [4.78, 5) is 2.83. The average molecular weight is 236 g/mol. The van der Waals surface area contributed by atoms with E-state index in [-0.39, 0.29) is 0 Å². The number of fused-ring (bicyclic) bond motifs is 1. The molecular weight excluding hydrogens is 208 g/mol. The van der Waals surface area contributed by atoms with Crippen LogP contribution in [0.3, 0.4) is 0 Å². The van der Waals surface area contributed by atoms with E-state index in [4.69, 9.17) is 0 Å². The van der Waals surface area contributed by atoms with Gasteiger partial charge in [0.05, 0.1) is 6.17 Å². The Kier molecular flexibility index (Phi) is 3.72. The molecule has 1 N–H and O–H groups in total. The van der Waals surface area contributed by atoms with Gasteiger partial charge in [0.15, 0.2) is 0 Å². The maximum Gasteiger partial charge on any atom is 0.0601 e. The first-order valence-electron chi connectivity index (χ1n) is 7.86. The fourth-order valence-electron chi connectivity index (χ4n) is 4.41. The molecule has 3 rings (SSSR count). The highest BCUT2D eigenvalue weighted by molar-refractivity contribution is 4.93. The molecule has 0 spiro atoms. The first-order chi connectivity index (χ1) is 8.34. The third-order valence-corrected chi connectivity index (χ3v) is 5.24. The van der Waals surface area contributed by atoms with E-state index in [0.717, 1.165) is 18.0 Å². The van der Waals surface area contributed by atoms with Crippen LogP contribution in [-0.4, -0.2) is 29.7 Å². The molecule has 2 aliphatic heterocycles. The predicted octanol–water partition coefficient (Wildman–Crippen LogP) is 3.13. The van der Waals surface area contributed by atoms with Gasteiger partial charge < -0.3 is 0 Å². The van der Waals surface area contributed by atoms with Gasteiger partial charge in [-0.2, -0.15) is 0 Å². The Hall–Kier alpha value is -0.0800. The summed E-state index contributed by atoms with van der Waals surface area (Å²) in [6, 6.07) is 1.64. The van der Waals surface area contributed by atoms with Gasteiger partial charge in [-0.3, -0.25) is 10.2 Å². The van der Waals surface area contributed by atoms with Crippen LogP contribution in [0.4, 0.5) is 0 Å². The first kappa shape index (κ1) is 12.0. The molecule has 0 aromatic rings. The number of piperidine rings is 1. The van der Waals surface area contributed by atoms with Gasteiger partial charge in [-0.05, 0) is 57.9 Å². The predicted molar refractivity (Wildman–Crippen MR) is 71.9 cm³/mol. The molecule has 0 aromatic heterocycles. The second-order valence-corrected chi connectivity index (χ2v) is 6.52. The van der Waals surface area contributed by atoms with Crippen molar-refractivity contribution in [2.45, 2.75) is 83.0 Å². The van der Waals surface area contributed by atoms with Crippen LogP contribution in [0.2, 0.25) is 0 Å². The summed E-state index contributed by atoms with van der Waals surface area (Å²) in [7, 11) is 0. The quantitative estimate of drug-likeness (QED) is 0.752. The molecule has 2 saturated heterocycles. The largest absolute Gasteiger partial charge is 0.299 e. The van der Waals surface area contributed by atoms with Gasteiger partial charge in [-0.1, -0.05) is 19.3 Å². The lowest BCUT2D eigenvalue weighted by Gasteiger charge is -2.51. The van der Waals surface area contributed by atoms with Crippen molar-refractivity contribution in [2.75, 3.05) is 6.54 Å². The second kappa shape index (κ2) is 5.27. The normalized spacial score (nSPS) is 41.1. The zero-order chi connectivity index (χ0) is 11.7. The minimum absolute atomic E-state index is 0.708. The van der Waals surface area contributed by atoms with Crippen LogP contribution < -0.4 is 5.32 Å². The third kappa shape index (κ3) is 2.53. The molecule has 2 nitrogen and oxygen atoms in total. The van der Waals surface area contributed by atoms with E-state index in [1.807, 2.05) is 0 Å². The third-order valence-electron chi connectivity index (χ3n) is 5.24. The van der Waals surface area contributed by atoms with Crippen LogP contribution in [0.15, 0.2) is 0 Å². The molecule has 3 fully saturated rings. The Balaban J connectivity index is 1.71. The van der Waals surface area contributed by atoms with Crippen molar-refractivity contribution in [3.8, 4) is 0 Å². The summed E-state index contributed by atoms with van der Waals surface area (Å²) in [5.41, 5.74) is 0. The van der Waals surface area contributed by atoms with Crippen LogP contribution in [0.1, 0.15) is 64.7 Å². The number of nitrogens with zero attached hydrogens (tertiary/aromatic N) is 1. The molecule has 3 atom stereocenters. The van der Waals surface area contributed by atoms with E-state index in [1.165, 1.54) is 64.3 Å². The molecule has 3 unspecified atom stereocenters. The fourth-order valence-corrected chi connectivity index (χ4v) is 4.41. The van der Waals surface area contributed by atoms with E-state index in [1.54, 1.807) is 0 Å². The summed E-state index contributed by atoms with van der Waals surface area (Å²) in [5.74, 6) is 1.01. The second-order valence-electron chi connectivity index (χ2n) is 6.52. The molecule has 0 bridgehead atoms. The lowest BCUT2D eigenvalue weighted by atomic mass is 9.79. The number of hydrogen-bond acceptors (Lipinski definition) is 2. The topological polar surface area (TPSA) is 15.3 Å². The molecule has 17 heavy (non-hydrogen) atoms. The van der Waals surface area contributed by atoms with Crippen molar-refractivity contribution < 1.29 is 0 Å². The van der Waals surface area contributed by atoms with Crippen molar-refractivity contribution in [2.24, 2.45) is 5.92 Å². The van der Waals surface area contributed by atoms with Crippen LogP contribution in [0.5, 0.6) is 0 Å². The molecule has 0 aromatic carbocycles. The van der Waals surface area contributed by atoms with E-state index in [9.17, 15) is 0 Å². The maximum absolute atomic E-state index is 3.81. The molecule has 2 heterocycles. The number of nitrogens with one attached hydrogen (secondary N) is 1. The zero-order valence-corrected chi connectivity index (χ0v) is 11.3.